The summed E-state index contributed by atoms with van der Waals surface area (Å²) in [5.41, 5.74) is 0. The summed E-state index contributed by atoms with van der Waals surface area (Å²) < 4.78 is 0. The molecule has 0 aliphatic carbocycles. The quantitative estimate of drug-likeness (QED) is 0.319. The molecule has 0 N–H and O–H groups in total. The molecular formula is C10H12N2NaNiO8-. The molecule has 0 aromatic heterocycles. The first-order valence-corrected chi connectivity index (χ1v) is 5.44. The van der Waals surface area contributed by atoms with E-state index in [1.807, 2.05) is 0 Å². The van der Waals surface area contributed by atoms with Crippen LogP contribution < -0.4 is 50.0 Å². The summed E-state index contributed by atoms with van der Waals surface area (Å²) in [4.78, 5) is 43.4. The van der Waals surface area contributed by atoms with Crippen LogP contribution in [0.25, 0.3) is 0 Å². The molecule has 22 heavy (non-hydrogen) atoms. The smallest absolute Gasteiger partial charge is 0.549 e. The van der Waals surface area contributed by atoms with E-state index in [0.29, 0.717) is 0 Å². The van der Waals surface area contributed by atoms with Crippen molar-refractivity contribution in [2.75, 3.05) is 39.3 Å². The normalized spacial score (nSPS) is 9.73. The van der Waals surface area contributed by atoms with Crippen LogP contribution in [0.15, 0.2) is 0 Å². The van der Waals surface area contributed by atoms with E-state index in [9.17, 15) is 39.6 Å². The molecule has 0 saturated heterocycles. The summed E-state index contributed by atoms with van der Waals surface area (Å²) in [5.74, 6) is -6.12. The van der Waals surface area contributed by atoms with Crippen LogP contribution in [0.4, 0.5) is 0 Å². The molecular weight excluding hydrogens is 358 g/mol. The van der Waals surface area contributed by atoms with Crippen molar-refractivity contribution in [3.63, 3.8) is 0 Å². The summed E-state index contributed by atoms with van der Waals surface area (Å²) in [5, 5.41) is 41.6. The summed E-state index contributed by atoms with van der Waals surface area (Å²) >= 11 is 0. The minimum Gasteiger partial charge on any atom is -0.549 e. The van der Waals surface area contributed by atoms with Crippen molar-refractivity contribution in [2.24, 2.45) is 0 Å². The van der Waals surface area contributed by atoms with Crippen LogP contribution in [0.2, 0.25) is 0 Å². The van der Waals surface area contributed by atoms with Gasteiger partial charge in [0.1, 0.15) is 0 Å². The van der Waals surface area contributed by atoms with Crippen LogP contribution in [0.5, 0.6) is 0 Å². The van der Waals surface area contributed by atoms with Crippen molar-refractivity contribution in [3.05, 3.63) is 0 Å². The zero-order valence-corrected chi connectivity index (χ0v) is 14.7. The van der Waals surface area contributed by atoms with Gasteiger partial charge in [-0.1, -0.05) is 0 Å². The van der Waals surface area contributed by atoms with Gasteiger partial charge in [0, 0.05) is 39.3 Å². The van der Waals surface area contributed by atoms with E-state index in [4.69, 9.17) is 0 Å². The number of carbonyl (C=O) groups is 4. The van der Waals surface area contributed by atoms with Crippen LogP contribution in [0.3, 0.4) is 0 Å². The third kappa shape index (κ3) is 15.7. The first-order valence-electron chi connectivity index (χ1n) is 5.44. The molecule has 0 aromatic carbocycles. The Labute approximate surface area is 158 Å². The predicted octanol–water partition coefficient (Wildman–Crippen LogP) is -10.4. The molecule has 0 spiro atoms. The Kier molecular flexibility index (Phi) is 16.6. The number of rotatable bonds is 11. The van der Waals surface area contributed by atoms with E-state index in [0.717, 1.165) is 9.80 Å². The van der Waals surface area contributed by atoms with Crippen LogP contribution >= 0.6 is 0 Å². The fourth-order valence-electron chi connectivity index (χ4n) is 1.44. The monoisotopic (exact) mass is 369 g/mol. The number of nitrogens with zero attached hydrogens (tertiary/aromatic N) is 2. The molecule has 0 radical (unpaired) electrons. The van der Waals surface area contributed by atoms with E-state index in [-0.39, 0.29) is 59.1 Å². The van der Waals surface area contributed by atoms with E-state index >= 15 is 0 Å². The maximum Gasteiger partial charge on any atom is 2.00 e. The van der Waals surface area contributed by atoms with E-state index in [1.54, 1.807) is 0 Å². The average molecular weight is 370 g/mol. The van der Waals surface area contributed by atoms with Gasteiger partial charge in [-0.2, -0.15) is 0 Å². The average Bonchev–Trinajstić information content (AvgIpc) is 2.22. The second-order valence-electron chi connectivity index (χ2n) is 3.91. The standard InChI is InChI=1S/C10H16N2O8.Na.Ni/c13-7(14)3-11(4-8(15)16)1-2-12(5-9(17)18)6-10(19)20;;/h1-6H2,(H,13,14)(H,15,16)(H,17,18)(H,19,20);;/q;+1;+2/p-4. The molecule has 12 heteroatoms. The van der Waals surface area contributed by atoms with Gasteiger partial charge < -0.3 is 39.6 Å². The van der Waals surface area contributed by atoms with Crippen molar-refractivity contribution in [3.8, 4) is 0 Å². The number of carbonyl (C=O) groups excluding carboxylic acids is 4. The maximum absolute atomic E-state index is 10.4. The second-order valence-corrected chi connectivity index (χ2v) is 3.91. The van der Waals surface area contributed by atoms with Crippen LogP contribution in [0.1, 0.15) is 0 Å². The van der Waals surface area contributed by atoms with Crippen molar-refractivity contribution in [1.29, 1.82) is 0 Å². The zero-order valence-electron chi connectivity index (χ0n) is 11.7. The molecule has 0 fully saturated rings. The van der Waals surface area contributed by atoms with Crippen molar-refractivity contribution in [2.45, 2.75) is 0 Å². The molecule has 0 aromatic rings. The summed E-state index contributed by atoms with van der Waals surface area (Å²) in [6.07, 6.45) is 0. The minimum atomic E-state index is -1.53. The largest absolute Gasteiger partial charge is 2.00 e. The van der Waals surface area contributed by atoms with Crippen LogP contribution in [-0.4, -0.2) is 72.9 Å². The van der Waals surface area contributed by atoms with E-state index in [1.165, 1.54) is 0 Å². The number of carboxylic acid groups (broad SMARTS) is 4. The molecule has 122 valence electrons. The van der Waals surface area contributed by atoms with E-state index < -0.39 is 50.1 Å². The topological polar surface area (TPSA) is 167 Å². The van der Waals surface area contributed by atoms with Gasteiger partial charge in [-0.05, 0) is 0 Å². The number of hydrogen-bond acceptors (Lipinski definition) is 10. The Balaban J connectivity index is -0.00000180. The third-order valence-corrected chi connectivity index (χ3v) is 2.14. The summed E-state index contributed by atoms with van der Waals surface area (Å²) in [6.45, 7) is -3.25. The molecule has 0 heterocycles. The number of aliphatic carboxylic acids is 4. The van der Waals surface area contributed by atoms with Gasteiger partial charge in [0.2, 0.25) is 0 Å². The molecule has 0 saturated carbocycles. The molecule has 0 aliphatic rings. The number of hydrogen-bond donors (Lipinski definition) is 0. The Morgan fingerprint density at radius 2 is 0.773 bits per heavy atom. The Bertz CT molecular complexity index is 327. The van der Waals surface area contributed by atoms with Crippen molar-refractivity contribution >= 4 is 23.9 Å². The van der Waals surface area contributed by atoms with Gasteiger partial charge >= 0.3 is 46.0 Å². The fourth-order valence-corrected chi connectivity index (χ4v) is 1.44. The Morgan fingerprint density at radius 3 is 0.909 bits per heavy atom. The fraction of sp³-hybridized carbons (Fsp3) is 0.600. The zero-order chi connectivity index (χ0) is 15.7. The van der Waals surface area contributed by atoms with Gasteiger partial charge in [-0.15, -0.1) is 0 Å². The molecule has 10 nitrogen and oxygen atoms in total. The minimum absolute atomic E-state index is 0. The summed E-state index contributed by atoms with van der Waals surface area (Å²) in [6, 6.07) is 0. The van der Waals surface area contributed by atoms with Gasteiger partial charge in [0.05, 0.1) is 23.9 Å². The molecule has 0 bridgehead atoms. The summed E-state index contributed by atoms with van der Waals surface area (Å²) in [7, 11) is 0. The molecule has 0 aliphatic heterocycles. The van der Waals surface area contributed by atoms with Crippen LogP contribution in [0, 0.1) is 0 Å². The Hall–Kier alpha value is -0.706. The SMILES string of the molecule is O=C([O-])CN(CCN(CC(=O)[O-])CC(=O)[O-])CC(=O)[O-].[Na+].[Ni+2]. The van der Waals surface area contributed by atoms with Gasteiger partial charge in [0.15, 0.2) is 0 Å². The van der Waals surface area contributed by atoms with Crippen molar-refractivity contribution in [1.82, 2.24) is 9.80 Å². The predicted molar refractivity (Wildman–Crippen MR) is 52.9 cm³/mol. The van der Waals surface area contributed by atoms with Gasteiger partial charge in [-0.25, -0.2) is 0 Å². The Morgan fingerprint density at radius 1 is 0.591 bits per heavy atom. The maximum atomic E-state index is 10.4. The van der Waals surface area contributed by atoms with Gasteiger partial charge in [-0.3, -0.25) is 9.80 Å². The first-order chi connectivity index (χ1) is 9.20. The first kappa shape index (κ1) is 26.2. The molecule has 0 unspecified atom stereocenters. The van der Waals surface area contributed by atoms with Crippen molar-refractivity contribution < 1.29 is 85.7 Å². The van der Waals surface area contributed by atoms with E-state index in [2.05, 4.69) is 0 Å². The third-order valence-electron chi connectivity index (χ3n) is 2.14. The second kappa shape index (κ2) is 13.9. The molecule has 0 rings (SSSR count). The van der Waals surface area contributed by atoms with Gasteiger partial charge in [0.25, 0.3) is 0 Å². The van der Waals surface area contributed by atoms with Crippen LogP contribution in [-0.2, 0) is 35.7 Å². The number of carboxylic acids is 4. The molecule has 0 amide bonds. The molecule has 0 atom stereocenters.